The molecule has 0 radical (unpaired) electrons. The Kier molecular flexibility index (Phi) is 3.48. The Morgan fingerprint density at radius 2 is 2.23 bits per heavy atom. The van der Waals surface area contributed by atoms with Gasteiger partial charge in [0.25, 0.3) is 0 Å². The fourth-order valence-corrected chi connectivity index (χ4v) is 1.21. The number of aromatic nitrogens is 2. The van der Waals surface area contributed by atoms with Gasteiger partial charge in [0.15, 0.2) is 0 Å². The number of hydrogen-bond acceptors (Lipinski definition) is 2. The third-order valence-corrected chi connectivity index (χ3v) is 2.25. The highest BCUT2D eigenvalue weighted by Gasteiger charge is 2.07. The Morgan fingerprint density at radius 3 is 2.69 bits per heavy atom. The van der Waals surface area contributed by atoms with E-state index in [2.05, 4.69) is 37.0 Å². The molecule has 3 N–H and O–H groups in total. The highest BCUT2D eigenvalue weighted by Crippen LogP contribution is 2.12. The van der Waals surface area contributed by atoms with Gasteiger partial charge in [0.1, 0.15) is 0 Å². The van der Waals surface area contributed by atoms with E-state index in [4.69, 9.17) is 5.73 Å². The summed E-state index contributed by atoms with van der Waals surface area (Å²) < 4.78 is 0. The lowest BCUT2D eigenvalue weighted by atomic mass is 10.1. The van der Waals surface area contributed by atoms with Gasteiger partial charge in [0.2, 0.25) is 0 Å². The maximum Gasteiger partial charge on any atom is 0.0650 e. The number of aromatic amines is 1. The predicted molar refractivity (Wildman–Crippen MR) is 54.6 cm³/mol. The van der Waals surface area contributed by atoms with Gasteiger partial charge in [0, 0.05) is 18.2 Å². The van der Waals surface area contributed by atoms with E-state index in [-0.39, 0.29) is 6.04 Å². The van der Waals surface area contributed by atoms with E-state index < -0.39 is 0 Å². The molecule has 1 aromatic rings. The average molecular weight is 181 g/mol. The van der Waals surface area contributed by atoms with Crippen LogP contribution >= 0.6 is 0 Å². The topological polar surface area (TPSA) is 54.7 Å². The standard InChI is InChI=1S/C10H19N3/c1-4-8(11)5-9-6-10(7(2)3)13-12-9/h6-8H,4-5,11H2,1-3H3,(H,12,13). The molecule has 74 valence electrons. The third-order valence-electron chi connectivity index (χ3n) is 2.25. The van der Waals surface area contributed by atoms with E-state index in [1.165, 1.54) is 0 Å². The number of rotatable bonds is 4. The van der Waals surface area contributed by atoms with Crippen molar-refractivity contribution >= 4 is 0 Å². The molecule has 0 aliphatic carbocycles. The Bertz CT molecular complexity index is 252. The molecule has 3 heteroatoms. The van der Waals surface area contributed by atoms with Gasteiger partial charge in [-0.25, -0.2) is 0 Å². The van der Waals surface area contributed by atoms with E-state index in [9.17, 15) is 0 Å². The Morgan fingerprint density at radius 1 is 1.54 bits per heavy atom. The van der Waals surface area contributed by atoms with Gasteiger partial charge < -0.3 is 5.73 Å². The molecule has 3 nitrogen and oxygen atoms in total. The molecule has 0 aliphatic rings. The molecule has 0 spiro atoms. The molecule has 0 bridgehead atoms. The Hall–Kier alpha value is -0.830. The molecule has 0 aliphatic heterocycles. The second kappa shape index (κ2) is 4.42. The molecule has 0 aromatic carbocycles. The normalized spacial score (nSPS) is 13.6. The summed E-state index contributed by atoms with van der Waals surface area (Å²) in [5, 5.41) is 7.24. The largest absolute Gasteiger partial charge is 0.327 e. The van der Waals surface area contributed by atoms with Crippen molar-refractivity contribution in [2.45, 2.75) is 45.6 Å². The van der Waals surface area contributed by atoms with E-state index >= 15 is 0 Å². The molecule has 1 atom stereocenters. The van der Waals surface area contributed by atoms with Crippen LogP contribution in [0.25, 0.3) is 0 Å². The zero-order valence-electron chi connectivity index (χ0n) is 8.67. The van der Waals surface area contributed by atoms with Gasteiger partial charge in [-0.15, -0.1) is 0 Å². The van der Waals surface area contributed by atoms with Crippen LogP contribution in [-0.4, -0.2) is 16.2 Å². The van der Waals surface area contributed by atoms with Crippen LogP contribution < -0.4 is 5.73 Å². The van der Waals surface area contributed by atoms with Gasteiger partial charge >= 0.3 is 0 Å². The summed E-state index contributed by atoms with van der Waals surface area (Å²) in [6.45, 7) is 6.38. The minimum absolute atomic E-state index is 0.250. The van der Waals surface area contributed by atoms with Crippen molar-refractivity contribution in [1.82, 2.24) is 10.2 Å². The summed E-state index contributed by atoms with van der Waals surface area (Å²) >= 11 is 0. The quantitative estimate of drug-likeness (QED) is 0.744. The summed E-state index contributed by atoms with van der Waals surface area (Å²) in [7, 11) is 0. The van der Waals surface area contributed by atoms with Crippen LogP contribution in [0.5, 0.6) is 0 Å². The second-order valence-electron chi connectivity index (χ2n) is 3.85. The van der Waals surface area contributed by atoms with Crippen LogP contribution in [0.15, 0.2) is 6.07 Å². The average Bonchev–Trinajstić information content (AvgIpc) is 2.52. The highest BCUT2D eigenvalue weighted by atomic mass is 15.1. The molecule has 0 amide bonds. The Labute approximate surface area is 79.7 Å². The maximum atomic E-state index is 5.84. The number of nitrogens with two attached hydrogens (primary N) is 1. The molecule has 13 heavy (non-hydrogen) atoms. The van der Waals surface area contributed by atoms with E-state index in [0.29, 0.717) is 5.92 Å². The molecule has 0 saturated heterocycles. The van der Waals surface area contributed by atoms with Crippen molar-refractivity contribution in [3.05, 3.63) is 17.5 Å². The van der Waals surface area contributed by atoms with Gasteiger partial charge in [-0.05, 0) is 18.4 Å². The zero-order chi connectivity index (χ0) is 9.84. The van der Waals surface area contributed by atoms with Gasteiger partial charge in [-0.2, -0.15) is 5.10 Å². The van der Waals surface area contributed by atoms with Crippen LogP contribution in [0.3, 0.4) is 0 Å². The van der Waals surface area contributed by atoms with E-state index in [1.54, 1.807) is 0 Å². The first-order chi connectivity index (χ1) is 6.13. The summed E-state index contributed by atoms with van der Waals surface area (Å²) in [6, 6.07) is 2.36. The van der Waals surface area contributed by atoms with E-state index in [0.717, 1.165) is 24.2 Å². The maximum absolute atomic E-state index is 5.84. The molecule has 1 heterocycles. The monoisotopic (exact) mass is 181 g/mol. The summed E-state index contributed by atoms with van der Waals surface area (Å²) in [5.41, 5.74) is 8.12. The SMILES string of the molecule is CCC(N)Cc1cc(C(C)C)n[nH]1. The molecule has 1 rings (SSSR count). The first-order valence-corrected chi connectivity index (χ1v) is 4.93. The zero-order valence-corrected chi connectivity index (χ0v) is 8.67. The summed E-state index contributed by atoms with van der Waals surface area (Å²) in [4.78, 5) is 0. The molecular formula is C10H19N3. The molecule has 0 saturated carbocycles. The van der Waals surface area contributed by atoms with Crippen LogP contribution in [0.1, 0.15) is 44.5 Å². The minimum atomic E-state index is 0.250. The smallest absolute Gasteiger partial charge is 0.0650 e. The first kappa shape index (κ1) is 10.3. The fourth-order valence-electron chi connectivity index (χ4n) is 1.21. The highest BCUT2D eigenvalue weighted by molar-refractivity contribution is 5.12. The van der Waals surface area contributed by atoms with Crippen LogP contribution in [-0.2, 0) is 6.42 Å². The number of hydrogen-bond donors (Lipinski definition) is 2. The second-order valence-corrected chi connectivity index (χ2v) is 3.85. The minimum Gasteiger partial charge on any atom is -0.327 e. The molecule has 1 unspecified atom stereocenters. The van der Waals surface area contributed by atoms with Gasteiger partial charge in [-0.3, -0.25) is 5.10 Å². The van der Waals surface area contributed by atoms with E-state index in [1.807, 2.05) is 0 Å². The Balaban J connectivity index is 2.58. The lowest BCUT2D eigenvalue weighted by molar-refractivity contribution is 0.635. The van der Waals surface area contributed by atoms with Gasteiger partial charge in [0.05, 0.1) is 5.69 Å². The number of nitrogens with one attached hydrogen (secondary N) is 1. The summed E-state index contributed by atoms with van der Waals surface area (Å²) in [6.07, 6.45) is 1.91. The third kappa shape index (κ3) is 2.84. The molecular weight excluding hydrogens is 162 g/mol. The van der Waals surface area contributed by atoms with Gasteiger partial charge in [-0.1, -0.05) is 20.8 Å². The molecule has 1 aromatic heterocycles. The van der Waals surface area contributed by atoms with Crippen molar-refractivity contribution in [3.8, 4) is 0 Å². The van der Waals surface area contributed by atoms with Crippen LogP contribution in [0.4, 0.5) is 0 Å². The van der Waals surface area contributed by atoms with Crippen molar-refractivity contribution in [2.24, 2.45) is 5.73 Å². The van der Waals surface area contributed by atoms with Crippen molar-refractivity contribution in [2.75, 3.05) is 0 Å². The summed E-state index contributed by atoms with van der Waals surface area (Å²) in [5.74, 6) is 0.489. The van der Waals surface area contributed by atoms with Crippen LogP contribution in [0.2, 0.25) is 0 Å². The van der Waals surface area contributed by atoms with Crippen molar-refractivity contribution in [1.29, 1.82) is 0 Å². The molecule has 0 fully saturated rings. The number of nitrogens with zero attached hydrogens (tertiary/aromatic N) is 1. The lowest BCUT2D eigenvalue weighted by Gasteiger charge is -2.04. The lowest BCUT2D eigenvalue weighted by Crippen LogP contribution is -2.21. The van der Waals surface area contributed by atoms with Crippen molar-refractivity contribution < 1.29 is 0 Å². The number of H-pyrrole nitrogens is 1. The van der Waals surface area contributed by atoms with Crippen molar-refractivity contribution in [3.63, 3.8) is 0 Å². The predicted octanol–water partition coefficient (Wildman–Crippen LogP) is 1.81. The fraction of sp³-hybridized carbons (Fsp3) is 0.700. The van der Waals surface area contributed by atoms with Crippen LogP contribution in [0, 0.1) is 0 Å². The first-order valence-electron chi connectivity index (χ1n) is 4.93.